The molecule has 0 bridgehead atoms. The summed E-state index contributed by atoms with van der Waals surface area (Å²) in [7, 11) is 1.57. The van der Waals surface area contributed by atoms with Gasteiger partial charge in [-0.15, -0.1) is 0 Å². The van der Waals surface area contributed by atoms with Gasteiger partial charge in [-0.05, 0) is 43.3 Å². The maximum Gasteiger partial charge on any atom is 0.319 e. The van der Waals surface area contributed by atoms with E-state index >= 15 is 0 Å². The number of nitrogens with zero attached hydrogens (tertiary/aromatic N) is 2. The van der Waals surface area contributed by atoms with Crippen LogP contribution in [0.5, 0.6) is 0 Å². The van der Waals surface area contributed by atoms with Crippen molar-refractivity contribution >= 4 is 11.7 Å². The molecule has 0 aliphatic rings. The van der Waals surface area contributed by atoms with E-state index in [2.05, 4.69) is 15.7 Å². The maximum atomic E-state index is 12.3. The Balaban J connectivity index is 1.69. The molecule has 1 unspecified atom stereocenters. The predicted molar refractivity (Wildman–Crippen MR) is 93.8 cm³/mol. The highest BCUT2D eigenvalue weighted by molar-refractivity contribution is 5.89. The van der Waals surface area contributed by atoms with Crippen LogP contribution in [0.25, 0.3) is 5.69 Å². The Morgan fingerprint density at radius 1 is 1.32 bits per heavy atom. The lowest BCUT2D eigenvalue weighted by Crippen LogP contribution is -2.34. The SMILES string of the molecule is COCC(NC(=O)Nc1cccc(-n2nccc2C)c1)c1ccco1. The van der Waals surface area contributed by atoms with Crippen molar-refractivity contribution in [3.63, 3.8) is 0 Å². The predicted octanol–water partition coefficient (Wildman–Crippen LogP) is 3.28. The molecule has 0 aliphatic carbocycles. The van der Waals surface area contributed by atoms with Gasteiger partial charge in [0.1, 0.15) is 11.8 Å². The first kappa shape index (κ1) is 16.8. The summed E-state index contributed by atoms with van der Waals surface area (Å²) < 4.78 is 12.3. The normalized spacial score (nSPS) is 11.9. The van der Waals surface area contributed by atoms with Crippen LogP contribution in [-0.4, -0.2) is 29.5 Å². The number of aryl methyl sites for hydroxylation is 1. The molecule has 2 heterocycles. The Labute approximate surface area is 145 Å². The van der Waals surface area contributed by atoms with E-state index in [0.29, 0.717) is 18.1 Å². The summed E-state index contributed by atoms with van der Waals surface area (Å²) >= 11 is 0. The summed E-state index contributed by atoms with van der Waals surface area (Å²) in [5.41, 5.74) is 2.56. The van der Waals surface area contributed by atoms with Crippen LogP contribution in [0.4, 0.5) is 10.5 Å². The van der Waals surface area contributed by atoms with Gasteiger partial charge in [0, 0.05) is 24.7 Å². The second-order valence-electron chi connectivity index (χ2n) is 5.56. The molecule has 2 aromatic heterocycles. The van der Waals surface area contributed by atoms with Crippen molar-refractivity contribution in [2.45, 2.75) is 13.0 Å². The Morgan fingerprint density at radius 3 is 2.88 bits per heavy atom. The number of ether oxygens (including phenoxy) is 1. The van der Waals surface area contributed by atoms with Crippen molar-refractivity contribution in [2.24, 2.45) is 0 Å². The lowest BCUT2D eigenvalue weighted by Gasteiger charge is -2.16. The lowest BCUT2D eigenvalue weighted by atomic mass is 10.2. The average Bonchev–Trinajstić information content (AvgIpc) is 3.26. The van der Waals surface area contributed by atoms with Crippen molar-refractivity contribution in [1.82, 2.24) is 15.1 Å². The average molecular weight is 340 g/mol. The van der Waals surface area contributed by atoms with E-state index < -0.39 is 0 Å². The molecule has 0 saturated carbocycles. The number of aromatic nitrogens is 2. The molecule has 130 valence electrons. The highest BCUT2D eigenvalue weighted by Crippen LogP contribution is 2.17. The fourth-order valence-electron chi connectivity index (χ4n) is 2.53. The van der Waals surface area contributed by atoms with Crippen LogP contribution in [0.3, 0.4) is 0 Å². The van der Waals surface area contributed by atoms with Crippen molar-refractivity contribution in [1.29, 1.82) is 0 Å². The first-order valence-electron chi connectivity index (χ1n) is 7.88. The van der Waals surface area contributed by atoms with Gasteiger partial charge in [-0.2, -0.15) is 5.10 Å². The summed E-state index contributed by atoms with van der Waals surface area (Å²) in [4.78, 5) is 12.3. The summed E-state index contributed by atoms with van der Waals surface area (Å²) in [6.07, 6.45) is 3.30. The number of amides is 2. The zero-order chi connectivity index (χ0) is 17.6. The van der Waals surface area contributed by atoms with Crippen LogP contribution < -0.4 is 10.6 Å². The van der Waals surface area contributed by atoms with E-state index in [-0.39, 0.29) is 12.1 Å². The molecule has 1 atom stereocenters. The molecule has 0 spiro atoms. The quantitative estimate of drug-likeness (QED) is 0.721. The van der Waals surface area contributed by atoms with E-state index in [1.807, 2.05) is 37.3 Å². The number of nitrogens with one attached hydrogen (secondary N) is 2. The van der Waals surface area contributed by atoms with Crippen LogP contribution in [0.1, 0.15) is 17.5 Å². The molecule has 0 saturated heterocycles. The van der Waals surface area contributed by atoms with Crippen LogP contribution in [0, 0.1) is 6.92 Å². The minimum absolute atomic E-state index is 0.313. The Morgan fingerprint density at radius 2 is 2.20 bits per heavy atom. The van der Waals surface area contributed by atoms with Gasteiger partial charge < -0.3 is 19.8 Å². The highest BCUT2D eigenvalue weighted by atomic mass is 16.5. The number of carbonyl (C=O) groups excluding carboxylic acids is 1. The molecule has 0 fully saturated rings. The van der Waals surface area contributed by atoms with Crippen LogP contribution >= 0.6 is 0 Å². The van der Waals surface area contributed by atoms with Gasteiger partial charge in [-0.1, -0.05) is 6.07 Å². The molecule has 0 aliphatic heterocycles. The largest absolute Gasteiger partial charge is 0.467 e. The third-order valence-electron chi connectivity index (χ3n) is 3.71. The number of benzene rings is 1. The fourth-order valence-corrected chi connectivity index (χ4v) is 2.53. The van der Waals surface area contributed by atoms with Crippen molar-refractivity contribution in [2.75, 3.05) is 19.0 Å². The minimum atomic E-state index is -0.364. The number of urea groups is 1. The topological polar surface area (TPSA) is 81.3 Å². The van der Waals surface area contributed by atoms with Crippen LogP contribution in [0.2, 0.25) is 0 Å². The van der Waals surface area contributed by atoms with Crippen molar-refractivity contribution in [3.8, 4) is 5.69 Å². The summed E-state index contributed by atoms with van der Waals surface area (Å²) in [5, 5.41) is 9.94. The number of carbonyl (C=O) groups is 1. The Hall–Kier alpha value is -3.06. The monoisotopic (exact) mass is 340 g/mol. The smallest absolute Gasteiger partial charge is 0.319 e. The number of methoxy groups -OCH3 is 1. The fraction of sp³-hybridized carbons (Fsp3) is 0.222. The van der Waals surface area contributed by atoms with E-state index in [1.165, 1.54) is 0 Å². The first-order chi connectivity index (χ1) is 12.2. The zero-order valence-corrected chi connectivity index (χ0v) is 14.1. The van der Waals surface area contributed by atoms with Crippen LogP contribution in [-0.2, 0) is 4.74 Å². The third kappa shape index (κ3) is 4.07. The van der Waals surface area contributed by atoms with Gasteiger partial charge >= 0.3 is 6.03 Å². The molecule has 7 heteroatoms. The summed E-state index contributed by atoms with van der Waals surface area (Å²) in [5.74, 6) is 0.637. The number of furan rings is 1. The molecule has 7 nitrogen and oxygen atoms in total. The van der Waals surface area contributed by atoms with Crippen LogP contribution in [0.15, 0.2) is 59.3 Å². The zero-order valence-electron chi connectivity index (χ0n) is 14.1. The number of anilines is 1. The number of rotatable bonds is 6. The molecular formula is C18H20N4O3. The Bertz CT molecular complexity index is 826. The van der Waals surface area contributed by atoms with E-state index in [9.17, 15) is 4.79 Å². The molecule has 3 rings (SSSR count). The summed E-state index contributed by atoms with van der Waals surface area (Å²) in [6.45, 7) is 2.28. The van der Waals surface area contributed by atoms with E-state index in [4.69, 9.17) is 9.15 Å². The molecule has 0 radical (unpaired) electrons. The molecule has 2 N–H and O–H groups in total. The second-order valence-corrected chi connectivity index (χ2v) is 5.56. The highest BCUT2D eigenvalue weighted by Gasteiger charge is 2.17. The molecule has 25 heavy (non-hydrogen) atoms. The van der Waals surface area contributed by atoms with Gasteiger partial charge in [0.25, 0.3) is 0 Å². The maximum absolute atomic E-state index is 12.3. The van der Waals surface area contributed by atoms with Gasteiger partial charge in [0.15, 0.2) is 0 Å². The number of hydrogen-bond acceptors (Lipinski definition) is 4. The van der Waals surface area contributed by atoms with Crippen molar-refractivity contribution < 1.29 is 13.9 Å². The van der Waals surface area contributed by atoms with Gasteiger partial charge in [-0.25, -0.2) is 9.48 Å². The molecular weight excluding hydrogens is 320 g/mol. The van der Waals surface area contributed by atoms with Gasteiger partial charge in [0.05, 0.1) is 18.6 Å². The Kier molecular flexibility index (Phi) is 5.15. The number of hydrogen-bond donors (Lipinski definition) is 2. The van der Waals surface area contributed by atoms with Crippen molar-refractivity contribution in [3.05, 3.63) is 66.4 Å². The molecule has 3 aromatic rings. The summed E-state index contributed by atoms with van der Waals surface area (Å²) in [6, 6.07) is 12.3. The third-order valence-corrected chi connectivity index (χ3v) is 3.71. The van der Waals surface area contributed by atoms with Gasteiger partial charge in [-0.3, -0.25) is 0 Å². The van der Waals surface area contributed by atoms with E-state index in [1.54, 1.807) is 36.4 Å². The minimum Gasteiger partial charge on any atom is -0.467 e. The molecule has 1 aromatic carbocycles. The second kappa shape index (κ2) is 7.67. The lowest BCUT2D eigenvalue weighted by molar-refractivity contribution is 0.159. The first-order valence-corrected chi connectivity index (χ1v) is 7.88. The molecule has 2 amide bonds. The van der Waals surface area contributed by atoms with E-state index in [0.717, 1.165) is 11.4 Å². The van der Waals surface area contributed by atoms with Gasteiger partial charge in [0.2, 0.25) is 0 Å². The standard InChI is InChI=1S/C18H20N4O3/c1-13-8-9-19-22(13)15-6-3-5-14(11-15)20-18(23)21-16(12-24-2)17-7-4-10-25-17/h3-11,16H,12H2,1-2H3,(H2,20,21,23).